The second-order valence-electron chi connectivity index (χ2n) is 9.98. The molecule has 214 valence electrons. The molecular weight excluding hydrogens is 567 g/mol. The molecule has 0 atom stereocenters. The highest BCUT2D eigenvalue weighted by Crippen LogP contribution is 2.34. The minimum Gasteiger partial charge on any atom is -0.335 e. The smallest absolute Gasteiger partial charge is 0.335 e. The van der Waals surface area contributed by atoms with Gasteiger partial charge in [0.15, 0.2) is 0 Å². The van der Waals surface area contributed by atoms with Crippen LogP contribution in [0.5, 0.6) is 0 Å². The van der Waals surface area contributed by atoms with Crippen molar-refractivity contribution >= 4 is 28.6 Å². The zero-order valence-electron chi connectivity index (χ0n) is 22.1. The van der Waals surface area contributed by atoms with Gasteiger partial charge in [-0.1, -0.05) is 30.3 Å². The molecule has 0 spiro atoms. The first-order chi connectivity index (χ1) is 20.2. The number of benzene rings is 2. The summed E-state index contributed by atoms with van der Waals surface area (Å²) in [4.78, 5) is 33.3. The van der Waals surface area contributed by atoms with Crippen molar-refractivity contribution in [2.24, 2.45) is 0 Å². The SMILES string of the molecule is O=C(c1cccs1)N1CCN(Cc2c(-c3cccc([N+](=O)[O-])c3)nc3ccc(-c4cccc(C(F)(F)F)c4)cn23)CC1. The Morgan fingerprint density at radius 1 is 0.929 bits per heavy atom. The van der Waals surface area contributed by atoms with Gasteiger partial charge in [-0.05, 0) is 46.8 Å². The fourth-order valence-electron chi connectivity index (χ4n) is 5.17. The molecule has 2 aromatic carbocycles. The van der Waals surface area contributed by atoms with Crippen LogP contribution in [0, 0.1) is 10.1 Å². The Balaban J connectivity index is 1.36. The first kappa shape index (κ1) is 27.6. The number of imidazole rings is 1. The van der Waals surface area contributed by atoms with Gasteiger partial charge in [-0.2, -0.15) is 13.2 Å². The predicted octanol–water partition coefficient (Wildman–Crippen LogP) is 6.61. The van der Waals surface area contributed by atoms with Crippen LogP contribution in [-0.2, 0) is 12.7 Å². The van der Waals surface area contributed by atoms with E-state index >= 15 is 0 Å². The van der Waals surface area contributed by atoms with Crippen molar-refractivity contribution in [1.29, 1.82) is 0 Å². The molecule has 5 aromatic rings. The van der Waals surface area contributed by atoms with E-state index in [0.717, 1.165) is 17.8 Å². The van der Waals surface area contributed by atoms with Gasteiger partial charge in [-0.15, -0.1) is 11.3 Å². The summed E-state index contributed by atoms with van der Waals surface area (Å²) in [5, 5.41) is 13.4. The third kappa shape index (κ3) is 5.50. The lowest BCUT2D eigenvalue weighted by atomic mass is 10.0. The number of thiophene rings is 1. The average Bonchev–Trinajstić information content (AvgIpc) is 3.66. The fourth-order valence-corrected chi connectivity index (χ4v) is 5.86. The Hall–Kier alpha value is -4.55. The standard InChI is InChI=1S/C30H24F3N5O3S/c31-30(32,33)23-6-1-4-20(16-23)22-9-10-27-34-28(21-5-2-7-24(17-21)38(40)41)25(37(27)18-22)19-35-11-13-36(14-12-35)29(39)26-8-3-15-42-26/h1-10,15-18H,11-14,19H2. The third-order valence-corrected chi connectivity index (χ3v) is 8.19. The number of nitrogens with zero attached hydrogens (tertiary/aromatic N) is 5. The monoisotopic (exact) mass is 591 g/mol. The average molecular weight is 592 g/mol. The number of piperazine rings is 1. The zero-order chi connectivity index (χ0) is 29.4. The molecule has 4 heterocycles. The highest BCUT2D eigenvalue weighted by atomic mass is 32.1. The zero-order valence-corrected chi connectivity index (χ0v) is 22.9. The molecule has 3 aromatic heterocycles. The Morgan fingerprint density at radius 3 is 2.40 bits per heavy atom. The van der Waals surface area contributed by atoms with Crippen LogP contribution in [0.3, 0.4) is 0 Å². The van der Waals surface area contributed by atoms with Crippen LogP contribution in [0.25, 0.3) is 28.0 Å². The van der Waals surface area contributed by atoms with E-state index in [1.54, 1.807) is 36.5 Å². The van der Waals surface area contributed by atoms with E-state index in [4.69, 9.17) is 4.98 Å². The number of aromatic nitrogens is 2. The Kier molecular flexibility index (Phi) is 7.25. The second-order valence-corrected chi connectivity index (χ2v) is 10.9. The van der Waals surface area contributed by atoms with Crippen LogP contribution < -0.4 is 0 Å². The summed E-state index contributed by atoms with van der Waals surface area (Å²) in [6.45, 7) is 2.70. The van der Waals surface area contributed by atoms with Crippen LogP contribution in [0.1, 0.15) is 20.9 Å². The van der Waals surface area contributed by atoms with E-state index < -0.39 is 16.7 Å². The molecule has 1 aliphatic heterocycles. The molecule has 6 rings (SSSR count). The van der Waals surface area contributed by atoms with E-state index in [2.05, 4.69) is 4.90 Å². The number of amides is 1. The molecule has 0 aliphatic carbocycles. The normalized spacial score (nSPS) is 14.4. The molecule has 1 aliphatic rings. The maximum atomic E-state index is 13.4. The van der Waals surface area contributed by atoms with Crippen LogP contribution in [0.4, 0.5) is 18.9 Å². The summed E-state index contributed by atoms with van der Waals surface area (Å²) in [5.74, 6) is 0.00228. The van der Waals surface area contributed by atoms with Crippen LogP contribution in [-0.4, -0.2) is 56.2 Å². The Bertz CT molecular complexity index is 1780. The minimum atomic E-state index is -4.47. The maximum absolute atomic E-state index is 13.4. The summed E-state index contributed by atoms with van der Waals surface area (Å²) in [7, 11) is 0. The minimum absolute atomic E-state index is 0.00228. The molecule has 0 unspecified atom stereocenters. The van der Waals surface area contributed by atoms with Crippen molar-refractivity contribution in [2.75, 3.05) is 26.2 Å². The lowest BCUT2D eigenvalue weighted by Crippen LogP contribution is -2.48. The van der Waals surface area contributed by atoms with Crippen LogP contribution >= 0.6 is 11.3 Å². The van der Waals surface area contributed by atoms with E-state index in [-0.39, 0.29) is 11.6 Å². The van der Waals surface area contributed by atoms with Crippen molar-refractivity contribution in [3.8, 4) is 22.4 Å². The second kappa shape index (κ2) is 11.0. The third-order valence-electron chi connectivity index (χ3n) is 7.34. The van der Waals surface area contributed by atoms with Crippen molar-refractivity contribution in [2.45, 2.75) is 12.7 Å². The summed E-state index contributed by atoms with van der Waals surface area (Å²) < 4.78 is 42.1. The predicted molar refractivity (Wildman–Crippen MR) is 153 cm³/mol. The fraction of sp³-hybridized carbons (Fsp3) is 0.200. The topological polar surface area (TPSA) is 84.0 Å². The first-order valence-electron chi connectivity index (χ1n) is 13.2. The molecule has 0 saturated carbocycles. The lowest BCUT2D eigenvalue weighted by Gasteiger charge is -2.34. The lowest BCUT2D eigenvalue weighted by molar-refractivity contribution is -0.384. The molecule has 0 N–H and O–H groups in total. The first-order valence-corrected chi connectivity index (χ1v) is 14.0. The number of fused-ring (bicyclic) bond motifs is 1. The van der Waals surface area contributed by atoms with Gasteiger partial charge in [0, 0.05) is 56.6 Å². The summed E-state index contributed by atoms with van der Waals surface area (Å²) in [6.07, 6.45) is -2.72. The van der Waals surface area contributed by atoms with Gasteiger partial charge >= 0.3 is 6.18 Å². The highest BCUT2D eigenvalue weighted by Gasteiger charge is 2.30. The number of halogens is 3. The van der Waals surface area contributed by atoms with Crippen molar-refractivity contribution in [1.82, 2.24) is 19.2 Å². The van der Waals surface area contributed by atoms with Gasteiger partial charge in [-0.3, -0.25) is 19.8 Å². The number of carbonyl (C=O) groups excluding carboxylic acids is 1. The van der Waals surface area contributed by atoms with E-state index in [1.165, 1.54) is 29.5 Å². The quantitative estimate of drug-likeness (QED) is 0.164. The Morgan fingerprint density at radius 2 is 1.69 bits per heavy atom. The number of hydrogen-bond acceptors (Lipinski definition) is 6. The molecule has 1 fully saturated rings. The van der Waals surface area contributed by atoms with Crippen molar-refractivity contribution in [3.05, 3.63) is 111 Å². The number of hydrogen-bond donors (Lipinski definition) is 0. The van der Waals surface area contributed by atoms with Crippen LogP contribution in [0.2, 0.25) is 0 Å². The number of nitro groups is 1. The molecule has 1 amide bonds. The molecular formula is C30H24F3N5O3S. The molecule has 0 radical (unpaired) electrons. The largest absolute Gasteiger partial charge is 0.416 e. The van der Waals surface area contributed by atoms with E-state index in [0.29, 0.717) is 65.6 Å². The van der Waals surface area contributed by atoms with Gasteiger partial charge < -0.3 is 9.30 Å². The van der Waals surface area contributed by atoms with Crippen molar-refractivity contribution in [3.63, 3.8) is 0 Å². The number of rotatable bonds is 6. The number of alkyl halides is 3. The summed E-state index contributed by atoms with van der Waals surface area (Å²) >= 11 is 1.41. The molecule has 12 heteroatoms. The molecule has 0 bridgehead atoms. The molecule has 42 heavy (non-hydrogen) atoms. The number of nitro benzene ring substituents is 1. The Labute approximate surface area is 242 Å². The molecule has 1 saturated heterocycles. The summed E-state index contributed by atoms with van der Waals surface area (Å²) in [6, 6.07) is 18.5. The maximum Gasteiger partial charge on any atom is 0.416 e. The number of pyridine rings is 1. The van der Waals surface area contributed by atoms with Gasteiger partial charge in [0.25, 0.3) is 11.6 Å². The van der Waals surface area contributed by atoms with Crippen molar-refractivity contribution < 1.29 is 22.9 Å². The molecule has 8 nitrogen and oxygen atoms in total. The summed E-state index contributed by atoms with van der Waals surface area (Å²) in [5.41, 5.74) is 2.60. The van der Waals surface area contributed by atoms with Crippen LogP contribution in [0.15, 0.2) is 84.4 Å². The van der Waals surface area contributed by atoms with E-state index in [1.807, 2.05) is 26.8 Å². The number of non-ortho nitro benzene ring substituents is 1. The van der Waals surface area contributed by atoms with Gasteiger partial charge in [-0.25, -0.2) is 4.98 Å². The number of carbonyl (C=O) groups is 1. The van der Waals surface area contributed by atoms with Gasteiger partial charge in [0.1, 0.15) is 5.65 Å². The highest BCUT2D eigenvalue weighted by molar-refractivity contribution is 7.12. The van der Waals surface area contributed by atoms with Gasteiger partial charge in [0.2, 0.25) is 0 Å². The van der Waals surface area contributed by atoms with E-state index in [9.17, 15) is 28.1 Å². The van der Waals surface area contributed by atoms with Gasteiger partial charge in [0.05, 0.1) is 26.8 Å².